The van der Waals surface area contributed by atoms with Crippen LogP contribution < -0.4 is 0 Å². The Morgan fingerprint density at radius 1 is 0.958 bits per heavy atom. The van der Waals surface area contributed by atoms with Crippen molar-refractivity contribution >= 4 is 17.9 Å². The molecule has 0 saturated carbocycles. The zero-order valence-corrected chi connectivity index (χ0v) is 14.3. The molecule has 0 fully saturated rings. The molecular weight excluding hydrogens is 314 g/mol. The van der Waals surface area contributed by atoms with E-state index in [2.05, 4.69) is 0 Å². The zero-order valence-electron chi connectivity index (χ0n) is 14.3. The smallest absolute Gasteiger partial charge is 0.330 e. The zero-order chi connectivity index (χ0) is 18.6. The number of aliphatic carboxylic acids is 2. The number of quaternary nitrogens is 1. The van der Waals surface area contributed by atoms with Crippen molar-refractivity contribution in [2.45, 2.75) is 25.4 Å². The molecule has 0 amide bonds. The number of nitrogens with zero attached hydrogens (tertiary/aromatic N) is 1. The fourth-order valence-corrected chi connectivity index (χ4v) is 1.84. The monoisotopic (exact) mass is 340 g/mol. The van der Waals surface area contributed by atoms with Crippen molar-refractivity contribution in [3.63, 3.8) is 0 Å². The van der Waals surface area contributed by atoms with Crippen molar-refractivity contribution in [1.29, 1.82) is 0 Å². The van der Waals surface area contributed by atoms with Crippen LogP contribution in [-0.2, 0) is 19.1 Å². The SMILES string of the molecule is C[N+](C)(C)CC(CC(=O)O)OC(=O)/C=C/C/C=C/C/C=C/C(=O)O. The first-order valence-electron chi connectivity index (χ1n) is 7.54. The van der Waals surface area contributed by atoms with Crippen LogP contribution in [0.3, 0.4) is 0 Å². The van der Waals surface area contributed by atoms with Gasteiger partial charge < -0.3 is 19.4 Å². The third-order valence-corrected chi connectivity index (χ3v) is 2.66. The van der Waals surface area contributed by atoms with E-state index in [0.717, 1.165) is 6.08 Å². The lowest BCUT2D eigenvalue weighted by Crippen LogP contribution is -2.43. The number of hydrogen-bond acceptors (Lipinski definition) is 4. The molecule has 134 valence electrons. The molecule has 0 radical (unpaired) electrons. The number of hydrogen-bond donors (Lipinski definition) is 2. The van der Waals surface area contributed by atoms with Gasteiger partial charge in [-0.15, -0.1) is 0 Å². The van der Waals surface area contributed by atoms with Crippen LogP contribution in [0.2, 0.25) is 0 Å². The summed E-state index contributed by atoms with van der Waals surface area (Å²) in [5.74, 6) is -2.58. The first-order chi connectivity index (χ1) is 11.1. The van der Waals surface area contributed by atoms with E-state index in [0.29, 0.717) is 23.9 Å². The van der Waals surface area contributed by atoms with Gasteiger partial charge in [0, 0.05) is 12.2 Å². The van der Waals surface area contributed by atoms with Crippen LogP contribution in [0, 0.1) is 0 Å². The Balaban J connectivity index is 4.29. The van der Waals surface area contributed by atoms with Gasteiger partial charge in [0.15, 0.2) is 6.10 Å². The number of likely N-dealkylation sites (N-methyl/N-ethyl adjacent to an activating group) is 1. The number of carboxylic acids is 2. The number of rotatable bonds is 11. The standard InChI is InChI=1S/C17H25NO6/c1-18(2,3)13-14(12-16(21)22)24-17(23)11-9-7-5-4-6-8-10-15(19)20/h4-5,8-11,14H,6-7,12-13H2,1-3H3,(H-,19,20,21,22)/p+1/b5-4+,10-8+,11-9+. The van der Waals surface area contributed by atoms with Crippen molar-refractivity contribution in [1.82, 2.24) is 0 Å². The fraction of sp³-hybridized carbons (Fsp3) is 0.471. The summed E-state index contributed by atoms with van der Waals surface area (Å²) in [7, 11) is 5.67. The lowest BCUT2D eigenvalue weighted by molar-refractivity contribution is -0.873. The maximum Gasteiger partial charge on any atom is 0.330 e. The van der Waals surface area contributed by atoms with Crippen LogP contribution in [0.4, 0.5) is 0 Å². The molecule has 0 rings (SSSR count). The molecule has 1 atom stereocenters. The Morgan fingerprint density at radius 3 is 1.96 bits per heavy atom. The largest absolute Gasteiger partial charge is 0.481 e. The average molecular weight is 340 g/mol. The molecule has 0 saturated heterocycles. The van der Waals surface area contributed by atoms with Gasteiger partial charge in [-0.2, -0.15) is 0 Å². The Morgan fingerprint density at radius 2 is 1.50 bits per heavy atom. The molecule has 0 spiro atoms. The molecule has 0 heterocycles. The number of allylic oxidation sites excluding steroid dienone is 4. The quantitative estimate of drug-likeness (QED) is 0.256. The van der Waals surface area contributed by atoms with Crippen LogP contribution in [0.5, 0.6) is 0 Å². The minimum Gasteiger partial charge on any atom is -0.481 e. The Hall–Kier alpha value is -2.41. The van der Waals surface area contributed by atoms with Crippen molar-refractivity contribution in [3.05, 3.63) is 36.5 Å². The van der Waals surface area contributed by atoms with Gasteiger partial charge in [-0.25, -0.2) is 9.59 Å². The number of ether oxygens (including phenoxy) is 1. The Kier molecular flexibility index (Phi) is 10.1. The predicted molar refractivity (Wildman–Crippen MR) is 89.3 cm³/mol. The molecule has 0 aliphatic heterocycles. The number of carbonyl (C=O) groups is 3. The van der Waals surface area contributed by atoms with Gasteiger partial charge in [0.25, 0.3) is 0 Å². The van der Waals surface area contributed by atoms with E-state index < -0.39 is 24.0 Å². The summed E-state index contributed by atoms with van der Waals surface area (Å²) < 4.78 is 5.67. The van der Waals surface area contributed by atoms with Crippen molar-refractivity contribution in [2.75, 3.05) is 27.7 Å². The van der Waals surface area contributed by atoms with Gasteiger partial charge in [-0.05, 0) is 12.8 Å². The highest BCUT2D eigenvalue weighted by molar-refractivity contribution is 5.82. The lowest BCUT2D eigenvalue weighted by Gasteiger charge is -2.28. The predicted octanol–water partition coefficient (Wildman–Crippen LogP) is 1.61. The average Bonchev–Trinajstić information content (AvgIpc) is 2.38. The van der Waals surface area contributed by atoms with Crippen molar-refractivity contribution < 1.29 is 33.8 Å². The first-order valence-corrected chi connectivity index (χ1v) is 7.54. The molecule has 2 N–H and O–H groups in total. The first kappa shape index (κ1) is 21.6. The molecule has 0 aromatic heterocycles. The highest BCUT2D eigenvalue weighted by Crippen LogP contribution is 2.06. The van der Waals surface area contributed by atoms with Gasteiger partial charge in [0.1, 0.15) is 6.54 Å². The molecule has 7 heteroatoms. The molecule has 7 nitrogen and oxygen atoms in total. The van der Waals surface area contributed by atoms with E-state index in [1.54, 1.807) is 18.2 Å². The van der Waals surface area contributed by atoms with Crippen LogP contribution in [0.1, 0.15) is 19.3 Å². The van der Waals surface area contributed by atoms with E-state index in [-0.39, 0.29) is 6.42 Å². The fourth-order valence-electron chi connectivity index (χ4n) is 1.84. The third kappa shape index (κ3) is 14.5. The van der Waals surface area contributed by atoms with Crippen LogP contribution in [-0.4, -0.2) is 66.4 Å². The molecular formula is C17H26NO6+. The molecule has 0 aromatic rings. The summed E-state index contributed by atoms with van der Waals surface area (Å²) in [6.45, 7) is 0.404. The van der Waals surface area contributed by atoms with E-state index in [9.17, 15) is 14.4 Å². The lowest BCUT2D eigenvalue weighted by atomic mass is 10.2. The van der Waals surface area contributed by atoms with Crippen LogP contribution in [0.15, 0.2) is 36.5 Å². The maximum atomic E-state index is 11.7. The highest BCUT2D eigenvalue weighted by atomic mass is 16.5. The van der Waals surface area contributed by atoms with Gasteiger partial charge in [0.2, 0.25) is 0 Å². The Bertz CT molecular complexity index is 514. The molecule has 0 aromatic carbocycles. The number of esters is 1. The summed E-state index contributed by atoms with van der Waals surface area (Å²) >= 11 is 0. The summed E-state index contributed by atoms with van der Waals surface area (Å²) in [6.07, 6.45) is 9.08. The second-order valence-electron chi connectivity index (χ2n) is 6.22. The van der Waals surface area contributed by atoms with Crippen LogP contribution >= 0.6 is 0 Å². The minimum absolute atomic E-state index is 0.231. The Labute approximate surface area is 142 Å². The van der Waals surface area contributed by atoms with E-state index in [1.165, 1.54) is 12.2 Å². The highest BCUT2D eigenvalue weighted by Gasteiger charge is 2.23. The minimum atomic E-state index is -1.01. The molecule has 0 aliphatic rings. The van der Waals surface area contributed by atoms with Gasteiger partial charge in [-0.3, -0.25) is 4.79 Å². The molecule has 0 bridgehead atoms. The van der Waals surface area contributed by atoms with Gasteiger partial charge >= 0.3 is 17.9 Å². The number of carbonyl (C=O) groups excluding carboxylic acids is 1. The van der Waals surface area contributed by atoms with E-state index in [4.69, 9.17) is 14.9 Å². The van der Waals surface area contributed by atoms with E-state index >= 15 is 0 Å². The van der Waals surface area contributed by atoms with Crippen molar-refractivity contribution in [3.8, 4) is 0 Å². The normalized spacial score (nSPS) is 13.6. The summed E-state index contributed by atoms with van der Waals surface area (Å²) in [6, 6.07) is 0. The van der Waals surface area contributed by atoms with Gasteiger partial charge in [-0.1, -0.05) is 24.3 Å². The third-order valence-electron chi connectivity index (χ3n) is 2.66. The van der Waals surface area contributed by atoms with E-state index in [1.807, 2.05) is 21.1 Å². The molecule has 0 aliphatic carbocycles. The maximum absolute atomic E-state index is 11.7. The number of carboxylic acid groups (broad SMARTS) is 2. The summed E-state index contributed by atoms with van der Waals surface area (Å²) in [4.78, 5) is 32.8. The summed E-state index contributed by atoms with van der Waals surface area (Å²) in [5.41, 5.74) is 0. The second-order valence-corrected chi connectivity index (χ2v) is 6.22. The second kappa shape index (κ2) is 11.2. The molecule has 1 unspecified atom stereocenters. The van der Waals surface area contributed by atoms with Crippen LogP contribution in [0.25, 0.3) is 0 Å². The topological polar surface area (TPSA) is 101 Å². The van der Waals surface area contributed by atoms with Gasteiger partial charge in [0.05, 0.1) is 27.6 Å². The van der Waals surface area contributed by atoms with Crippen molar-refractivity contribution in [2.24, 2.45) is 0 Å². The summed E-state index contributed by atoms with van der Waals surface area (Å²) in [5, 5.41) is 17.3. The molecule has 24 heavy (non-hydrogen) atoms.